The topological polar surface area (TPSA) is 61.4 Å². The Morgan fingerprint density at radius 3 is 2.41 bits per heavy atom. The summed E-state index contributed by atoms with van der Waals surface area (Å²) in [6, 6.07) is 0. The number of likely N-dealkylation sites (N-methyl/N-ethyl adjacent to an activating group) is 2. The summed E-state index contributed by atoms with van der Waals surface area (Å²) in [7, 11) is 3.29. The number of nitrogens with zero attached hydrogens (tertiary/aromatic N) is 1. The lowest BCUT2D eigenvalue weighted by molar-refractivity contribution is -0.145. The first kappa shape index (κ1) is 14.0. The number of piperidine rings is 1. The minimum absolute atomic E-state index is 0.102. The summed E-state index contributed by atoms with van der Waals surface area (Å²) < 4.78 is 0. The molecule has 0 atom stereocenters. The maximum atomic E-state index is 12.4. The molecule has 5 heteroatoms. The van der Waals surface area contributed by atoms with E-state index >= 15 is 0 Å². The molecule has 0 spiro atoms. The summed E-state index contributed by atoms with van der Waals surface area (Å²) in [6.07, 6.45) is 2.56. The van der Waals surface area contributed by atoms with E-state index in [2.05, 4.69) is 17.6 Å². The number of nitrogens with one attached hydrogen (secondary N) is 2. The number of hydrogen-bond donors (Lipinski definition) is 2. The van der Waals surface area contributed by atoms with Gasteiger partial charge in [0.15, 0.2) is 0 Å². The Morgan fingerprint density at radius 1 is 1.35 bits per heavy atom. The predicted molar refractivity (Wildman–Crippen MR) is 66.5 cm³/mol. The van der Waals surface area contributed by atoms with E-state index < -0.39 is 0 Å². The number of carbonyl (C=O) groups excluding carboxylic acids is 2. The lowest BCUT2D eigenvalue weighted by Gasteiger charge is -2.38. The second-order valence-electron chi connectivity index (χ2n) is 4.72. The molecular weight excluding hydrogens is 218 g/mol. The third-order valence-electron chi connectivity index (χ3n) is 3.70. The third kappa shape index (κ3) is 3.19. The average molecular weight is 241 g/mol. The van der Waals surface area contributed by atoms with Gasteiger partial charge in [0.2, 0.25) is 11.8 Å². The van der Waals surface area contributed by atoms with Gasteiger partial charge < -0.3 is 15.5 Å². The second kappa shape index (κ2) is 6.00. The molecule has 0 unspecified atom stereocenters. The van der Waals surface area contributed by atoms with Crippen molar-refractivity contribution < 1.29 is 9.59 Å². The summed E-state index contributed by atoms with van der Waals surface area (Å²) >= 11 is 0. The van der Waals surface area contributed by atoms with Gasteiger partial charge in [0, 0.05) is 14.1 Å². The van der Waals surface area contributed by atoms with E-state index in [0.717, 1.165) is 32.4 Å². The standard InChI is InChI=1S/C12H23N3O2/c1-4-12(5-7-14-8-6-12)11(17)15(3)9-10(16)13-2/h14H,4-9H2,1-3H3,(H,13,16). The molecular formula is C12H23N3O2. The monoisotopic (exact) mass is 241 g/mol. The minimum Gasteiger partial charge on any atom is -0.358 e. The molecule has 0 aromatic rings. The van der Waals surface area contributed by atoms with Crippen LogP contribution in [0.5, 0.6) is 0 Å². The zero-order valence-electron chi connectivity index (χ0n) is 11.0. The Morgan fingerprint density at radius 2 is 1.94 bits per heavy atom. The summed E-state index contributed by atoms with van der Waals surface area (Å²) in [4.78, 5) is 25.3. The fraction of sp³-hybridized carbons (Fsp3) is 0.833. The van der Waals surface area contributed by atoms with E-state index in [9.17, 15) is 9.59 Å². The van der Waals surface area contributed by atoms with Crippen LogP contribution in [-0.2, 0) is 9.59 Å². The van der Waals surface area contributed by atoms with Crippen LogP contribution < -0.4 is 10.6 Å². The van der Waals surface area contributed by atoms with Crippen molar-refractivity contribution in [2.45, 2.75) is 26.2 Å². The normalized spacial score (nSPS) is 18.5. The van der Waals surface area contributed by atoms with Crippen LogP contribution in [0.1, 0.15) is 26.2 Å². The van der Waals surface area contributed by atoms with Gasteiger partial charge in [0.05, 0.1) is 12.0 Å². The van der Waals surface area contributed by atoms with Crippen LogP contribution in [0.25, 0.3) is 0 Å². The van der Waals surface area contributed by atoms with Crippen molar-refractivity contribution in [2.75, 3.05) is 33.7 Å². The Labute approximate surface area is 103 Å². The van der Waals surface area contributed by atoms with Crippen LogP contribution >= 0.6 is 0 Å². The van der Waals surface area contributed by atoms with Gasteiger partial charge in [-0.15, -0.1) is 0 Å². The molecule has 2 N–H and O–H groups in total. The van der Waals surface area contributed by atoms with Crippen molar-refractivity contribution in [2.24, 2.45) is 5.41 Å². The second-order valence-corrected chi connectivity index (χ2v) is 4.72. The summed E-state index contributed by atoms with van der Waals surface area (Å²) in [5, 5.41) is 5.81. The molecule has 1 aliphatic rings. The summed E-state index contributed by atoms with van der Waals surface area (Å²) in [5.41, 5.74) is -0.270. The first-order chi connectivity index (χ1) is 8.05. The zero-order valence-corrected chi connectivity index (χ0v) is 11.0. The van der Waals surface area contributed by atoms with Crippen LogP contribution in [0.4, 0.5) is 0 Å². The van der Waals surface area contributed by atoms with Crippen LogP contribution in [0.2, 0.25) is 0 Å². The van der Waals surface area contributed by atoms with Crippen molar-refractivity contribution in [3.05, 3.63) is 0 Å². The van der Waals surface area contributed by atoms with Crippen molar-refractivity contribution in [3.8, 4) is 0 Å². The fourth-order valence-corrected chi connectivity index (χ4v) is 2.40. The van der Waals surface area contributed by atoms with Crippen LogP contribution in [0, 0.1) is 5.41 Å². The first-order valence-corrected chi connectivity index (χ1v) is 6.22. The highest BCUT2D eigenvalue weighted by molar-refractivity contribution is 5.87. The van der Waals surface area contributed by atoms with Crippen LogP contribution in [0.3, 0.4) is 0 Å². The van der Waals surface area contributed by atoms with Gasteiger partial charge >= 0.3 is 0 Å². The SMILES string of the molecule is CCC1(C(=O)N(C)CC(=O)NC)CCNCC1. The molecule has 0 aromatic heterocycles. The zero-order chi connectivity index (χ0) is 12.9. The highest BCUT2D eigenvalue weighted by atomic mass is 16.2. The van der Waals surface area contributed by atoms with Gasteiger partial charge in [-0.2, -0.15) is 0 Å². The molecule has 5 nitrogen and oxygen atoms in total. The quantitative estimate of drug-likeness (QED) is 0.726. The molecule has 0 saturated carbocycles. The van der Waals surface area contributed by atoms with E-state index in [1.54, 1.807) is 19.0 Å². The number of hydrogen-bond acceptors (Lipinski definition) is 3. The molecule has 98 valence electrons. The Kier molecular flexibility index (Phi) is 4.93. The van der Waals surface area contributed by atoms with Crippen LogP contribution in [0.15, 0.2) is 0 Å². The van der Waals surface area contributed by atoms with E-state index in [-0.39, 0.29) is 23.8 Å². The van der Waals surface area contributed by atoms with Gasteiger partial charge in [-0.25, -0.2) is 0 Å². The van der Waals surface area contributed by atoms with Gasteiger partial charge in [0.25, 0.3) is 0 Å². The molecule has 1 aliphatic heterocycles. The molecule has 17 heavy (non-hydrogen) atoms. The van der Waals surface area contributed by atoms with Crippen molar-refractivity contribution >= 4 is 11.8 Å². The van der Waals surface area contributed by atoms with Crippen molar-refractivity contribution in [1.29, 1.82) is 0 Å². The molecule has 1 heterocycles. The maximum absolute atomic E-state index is 12.4. The average Bonchev–Trinajstić information content (AvgIpc) is 2.38. The van der Waals surface area contributed by atoms with E-state index in [1.165, 1.54) is 0 Å². The lowest BCUT2D eigenvalue weighted by Crippen LogP contribution is -2.49. The molecule has 0 bridgehead atoms. The van der Waals surface area contributed by atoms with Gasteiger partial charge in [-0.3, -0.25) is 9.59 Å². The Bertz CT molecular complexity index is 285. The third-order valence-corrected chi connectivity index (χ3v) is 3.70. The smallest absolute Gasteiger partial charge is 0.239 e. The number of carbonyl (C=O) groups is 2. The largest absolute Gasteiger partial charge is 0.358 e. The van der Waals surface area contributed by atoms with Gasteiger partial charge in [-0.1, -0.05) is 6.92 Å². The molecule has 0 aromatic carbocycles. The van der Waals surface area contributed by atoms with Crippen molar-refractivity contribution in [1.82, 2.24) is 15.5 Å². The van der Waals surface area contributed by atoms with Gasteiger partial charge in [-0.05, 0) is 32.4 Å². The molecule has 0 aliphatic carbocycles. The number of amides is 2. The van der Waals surface area contributed by atoms with E-state index in [1.807, 2.05) is 0 Å². The highest BCUT2D eigenvalue weighted by Crippen LogP contribution is 2.34. The summed E-state index contributed by atoms with van der Waals surface area (Å²) in [5.74, 6) is -0.0221. The van der Waals surface area contributed by atoms with Crippen LogP contribution in [-0.4, -0.2) is 50.4 Å². The molecule has 2 amide bonds. The van der Waals surface area contributed by atoms with E-state index in [0.29, 0.717) is 0 Å². The maximum Gasteiger partial charge on any atom is 0.239 e. The van der Waals surface area contributed by atoms with Gasteiger partial charge in [0.1, 0.15) is 0 Å². The van der Waals surface area contributed by atoms with Crippen molar-refractivity contribution in [3.63, 3.8) is 0 Å². The Balaban J connectivity index is 2.67. The molecule has 1 saturated heterocycles. The highest BCUT2D eigenvalue weighted by Gasteiger charge is 2.39. The summed E-state index contributed by atoms with van der Waals surface area (Å²) in [6.45, 7) is 3.96. The lowest BCUT2D eigenvalue weighted by atomic mass is 9.75. The molecule has 1 fully saturated rings. The minimum atomic E-state index is -0.270. The first-order valence-electron chi connectivity index (χ1n) is 6.22. The molecule has 1 rings (SSSR count). The predicted octanol–water partition coefficient (Wildman–Crippen LogP) is -0.0294. The molecule has 0 radical (unpaired) electrons. The van der Waals surface area contributed by atoms with E-state index in [4.69, 9.17) is 0 Å². The fourth-order valence-electron chi connectivity index (χ4n) is 2.40. The number of rotatable bonds is 4. The Hall–Kier alpha value is -1.10.